The van der Waals surface area contributed by atoms with Crippen LogP contribution in [0.1, 0.15) is 5.56 Å². The van der Waals surface area contributed by atoms with E-state index in [1.165, 1.54) is 6.20 Å². The lowest BCUT2D eigenvalue weighted by molar-refractivity contribution is 0.611. The van der Waals surface area contributed by atoms with Gasteiger partial charge in [-0.1, -0.05) is 15.9 Å². The van der Waals surface area contributed by atoms with Gasteiger partial charge in [0.2, 0.25) is 0 Å². The maximum Gasteiger partial charge on any atom is 0.155 e. The number of hydrogen-bond acceptors (Lipinski definition) is 1. The standard InChI is InChI=1S/C6H4BrFIN/c7-1-4-2-10-3-5(8)6(4)9/h2-3H,1H2. The average molecular weight is 316 g/mol. The summed E-state index contributed by atoms with van der Waals surface area (Å²) in [6.45, 7) is 0. The molecule has 0 saturated heterocycles. The Morgan fingerprint density at radius 2 is 2.30 bits per heavy atom. The minimum absolute atomic E-state index is 0.252. The van der Waals surface area contributed by atoms with Gasteiger partial charge in [-0.3, -0.25) is 4.98 Å². The van der Waals surface area contributed by atoms with Crippen LogP contribution in [0.3, 0.4) is 0 Å². The zero-order valence-corrected chi connectivity index (χ0v) is 8.69. The Hall–Kier alpha value is 0.290. The van der Waals surface area contributed by atoms with Crippen molar-refractivity contribution in [3.63, 3.8) is 0 Å². The number of halogens is 3. The Kier molecular flexibility index (Phi) is 3.03. The zero-order valence-electron chi connectivity index (χ0n) is 4.94. The lowest BCUT2D eigenvalue weighted by Crippen LogP contribution is -1.90. The van der Waals surface area contributed by atoms with Gasteiger partial charge in [-0.25, -0.2) is 4.39 Å². The number of pyridine rings is 1. The summed E-state index contributed by atoms with van der Waals surface area (Å²) in [6.07, 6.45) is 2.87. The van der Waals surface area contributed by atoms with Crippen LogP contribution in [0.15, 0.2) is 12.4 Å². The molecule has 1 aromatic heterocycles. The van der Waals surface area contributed by atoms with Crippen molar-refractivity contribution in [1.29, 1.82) is 0 Å². The van der Waals surface area contributed by atoms with Gasteiger partial charge in [-0.15, -0.1) is 0 Å². The van der Waals surface area contributed by atoms with E-state index in [9.17, 15) is 4.39 Å². The summed E-state index contributed by atoms with van der Waals surface area (Å²) in [5, 5.41) is 0.649. The maximum absolute atomic E-state index is 12.7. The lowest BCUT2D eigenvalue weighted by Gasteiger charge is -1.98. The van der Waals surface area contributed by atoms with E-state index in [1.54, 1.807) is 6.20 Å². The average Bonchev–Trinajstić information content (AvgIpc) is 1.95. The molecule has 10 heavy (non-hydrogen) atoms. The van der Waals surface area contributed by atoms with Crippen LogP contribution in [0, 0.1) is 9.39 Å². The van der Waals surface area contributed by atoms with Gasteiger partial charge in [0.05, 0.1) is 9.77 Å². The van der Waals surface area contributed by atoms with Crippen molar-refractivity contribution in [1.82, 2.24) is 4.98 Å². The Morgan fingerprint density at radius 1 is 1.60 bits per heavy atom. The lowest BCUT2D eigenvalue weighted by atomic mass is 10.3. The van der Waals surface area contributed by atoms with Crippen LogP contribution in [0.2, 0.25) is 0 Å². The first-order chi connectivity index (χ1) is 4.75. The van der Waals surface area contributed by atoms with Gasteiger partial charge >= 0.3 is 0 Å². The zero-order chi connectivity index (χ0) is 7.56. The normalized spacial score (nSPS) is 9.90. The van der Waals surface area contributed by atoms with Gasteiger partial charge in [-0.05, 0) is 28.2 Å². The summed E-state index contributed by atoms with van der Waals surface area (Å²) >= 11 is 5.19. The number of alkyl halides is 1. The van der Waals surface area contributed by atoms with Gasteiger partial charge in [0.25, 0.3) is 0 Å². The molecule has 0 aliphatic carbocycles. The molecule has 0 aromatic carbocycles. The Bertz CT molecular complexity index is 241. The van der Waals surface area contributed by atoms with E-state index >= 15 is 0 Å². The molecule has 0 amide bonds. The fraction of sp³-hybridized carbons (Fsp3) is 0.167. The van der Waals surface area contributed by atoms with E-state index in [2.05, 4.69) is 20.9 Å². The summed E-state index contributed by atoms with van der Waals surface area (Å²) < 4.78 is 13.3. The van der Waals surface area contributed by atoms with Crippen LogP contribution in [0.5, 0.6) is 0 Å². The molecule has 0 N–H and O–H groups in total. The van der Waals surface area contributed by atoms with E-state index < -0.39 is 0 Å². The van der Waals surface area contributed by atoms with Crippen molar-refractivity contribution in [3.05, 3.63) is 27.3 Å². The first-order valence-corrected chi connectivity index (χ1v) is 4.79. The van der Waals surface area contributed by atoms with Gasteiger partial charge in [0.1, 0.15) is 0 Å². The molecule has 0 unspecified atom stereocenters. The van der Waals surface area contributed by atoms with Crippen molar-refractivity contribution in [3.8, 4) is 0 Å². The van der Waals surface area contributed by atoms with Crippen LogP contribution in [-0.2, 0) is 5.33 Å². The van der Waals surface area contributed by atoms with Crippen molar-refractivity contribution in [2.75, 3.05) is 0 Å². The molecule has 0 fully saturated rings. The first kappa shape index (κ1) is 8.39. The summed E-state index contributed by atoms with van der Waals surface area (Å²) in [6, 6.07) is 0. The largest absolute Gasteiger partial charge is 0.261 e. The molecule has 4 heteroatoms. The van der Waals surface area contributed by atoms with E-state index in [1.807, 2.05) is 22.6 Å². The number of rotatable bonds is 1. The van der Waals surface area contributed by atoms with E-state index in [0.29, 0.717) is 8.90 Å². The second kappa shape index (κ2) is 3.61. The molecule has 0 bridgehead atoms. The van der Waals surface area contributed by atoms with Crippen LogP contribution in [0.25, 0.3) is 0 Å². The second-order valence-electron chi connectivity index (χ2n) is 1.73. The number of aromatic nitrogens is 1. The molecule has 1 aromatic rings. The highest BCUT2D eigenvalue weighted by Crippen LogP contribution is 2.16. The van der Waals surface area contributed by atoms with Crippen molar-refractivity contribution >= 4 is 38.5 Å². The second-order valence-corrected chi connectivity index (χ2v) is 3.37. The van der Waals surface area contributed by atoms with Crippen LogP contribution >= 0.6 is 38.5 Å². The minimum Gasteiger partial charge on any atom is -0.261 e. The summed E-state index contributed by atoms with van der Waals surface area (Å²) in [5.74, 6) is -0.252. The molecular formula is C6H4BrFIN. The predicted octanol–water partition coefficient (Wildman–Crippen LogP) is 2.72. The monoisotopic (exact) mass is 315 g/mol. The molecule has 1 heterocycles. The summed E-state index contributed by atoms with van der Waals surface area (Å²) in [4.78, 5) is 3.71. The van der Waals surface area contributed by atoms with Crippen molar-refractivity contribution in [2.45, 2.75) is 5.33 Å². The van der Waals surface area contributed by atoms with Crippen molar-refractivity contribution in [2.24, 2.45) is 0 Å². The van der Waals surface area contributed by atoms with Gasteiger partial charge < -0.3 is 0 Å². The molecule has 1 rings (SSSR count). The maximum atomic E-state index is 12.7. The van der Waals surface area contributed by atoms with Crippen LogP contribution < -0.4 is 0 Å². The molecule has 0 radical (unpaired) electrons. The molecular weight excluding hydrogens is 312 g/mol. The SMILES string of the molecule is Fc1cncc(CBr)c1I. The Morgan fingerprint density at radius 3 is 2.80 bits per heavy atom. The van der Waals surface area contributed by atoms with Crippen LogP contribution in [0.4, 0.5) is 4.39 Å². The third-order valence-electron chi connectivity index (χ3n) is 1.05. The molecule has 0 saturated carbocycles. The predicted molar refractivity (Wildman–Crippen MR) is 49.5 cm³/mol. The third-order valence-corrected chi connectivity index (χ3v) is 2.87. The van der Waals surface area contributed by atoms with Crippen LogP contribution in [-0.4, -0.2) is 4.98 Å². The fourth-order valence-corrected chi connectivity index (χ4v) is 1.97. The van der Waals surface area contributed by atoms with E-state index in [4.69, 9.17) is 0 Å². The van der Waals surface area contributed by atoms with Gasteiger partial charge in [0.15, 0.2) is 5.82 Å². The van der Waals surface area contributed by atoms with E-state index in [0.717, 1.165) is 5.56 Å². The molecule has 0 aliphatic rings. The fourth-order valence-electron chi connectivity index (χ4n) is 0.553. The highest BCUT2D eigenvalue weighted by atomic mass is 127. The summed E-state index contributed by atoms with van der Waals surface area (Å²) in [7, 11) is 0. The van der Waals surface area contributed by atoms with Gasteiger partial charge in [-0.2, -0.15) is 0 Å². The van der Waals surface area contributed by atoms with Crippen molar-refractivity contribution < 1.29 is 4.39 Å². The van der Waals surface area contributed by atoms with E-state index in [-0.39, 0.29) is 5.82 Å². The topological polar surface area (TPSA) is 12.9 Å². The smallest absolute Gasteiger partial charge is 0.155 e. The third kappa shape index (κ3) is 1.66. The highest BCUT2D eigenvalue weighted by Gasteiger charge is 2.02. The molecule has 0 spiro atoms. The number of nitrogens with zero attached hydrogens (tertiary/aromatic N) is 1. The minimum atomic E-state index is -0.252. The molecule has 0 aliphatic heterocycles. The Labute approximate surface area is 80.3 Å². The Balaban J connectivity index is 3.14. The van der Waals surface area contributed by atoms with Gasteiger partial charge in [0, 0.05) is 11.5 Å². The first-order valence-electron chi connectivity index (χ1n) is 2.59. The molecule has 1 nitrogen and oxygen atoms in total. The number of hydrogen-bond donors (Lipinski definition) is 0. The molecule has 0 atom stereocenters. The summed E-state index contributed by atoms with van der Waals surface area (Å²) in [5.41, 5.74) is 0.889. The molecule has 54 valence electrons. The highest BCUT2D eigenvalue weighted by molar-refractivity contribution is 14.1. The quantitative estimate of drug-likeness (QED) is 0.573.